The first-order valence-corrected chi connectivity index (χ1v) is 11.6. The number of nitro groups is 1. The highest BCUT2D eigenvalue weighted by molar-refractivity contribution is 8.26. The largest absolute Gasteiger partial charge is 0.494 e. The van der Waals surface area contributed by atoms with Crippen molar-refractivity contribution in [1.82, 2.24) is 9.91 Å². The number of carbonyl (C=O) groups is 1. The van der Waals surface area contributed by atoms with Crippen LogP contribution >= 0.6 is 11.8 Å². The number of amidine groups is 3. The predicted octanol–water partition coefficient (Wildman–Crippen LogP) is 3.16. The maximum Gasteiger partial charge on any atom is 0.284 e. The molecule has 4 heterocycles. The summed E-state index contributed by atoms with van der Waals surface area (Å²) in [6.07, 6.45) is 1.39. The van der Waals surface area contributed by atoms with Crippen LogP contribution in [0.4, 0.5) is 5.69 Å². The lowest BCUT2D eigenvalue weighted by Crippen LogP contribution is -2.39. The lowest BCUT2D eigenvalue weighted by molar-refractivity contribution is -0.384. The van der Waals surface area contributed by atoms with Gasteiger partial charge < -0.3 is 18.8 Å². The van der Waals surface area contributed by atoms with Gasteiger partial charge in [0.15, 0.2) is 11.0 Å². The van der Waals surface area contributed by atoms with E-state index in [2.05, 4.69) is 10.1 Å². The van der Waals surface area contributed by atoms with Gasteiger partial charge in [0.05, 0.1) is 41.9 Å². The van der Waals surface area contributed by atoms with Crippen LogP contribution in [0.2, 0.25) is 0 Å². The fraction of sp³-hybridized carbons (Fsp3) is 0.273. The summed E-state index contributed by atoms with van der Waals surface area (Å²) in [5, 5.41) is 26.9. The van der Waals surface area contributed by atoms with E-state index in [1.165, 1.54) is 28.9 Å². The number of benzene rings is 1. The third-order valence-electron chi connectivity index (χ3n) is 5.38. The van der Waals surface area contributed by atoms with Crippen LogP contribution in [0.5, 0.6) is 5.75 Å². The molecule has 1 fully saturated rings. The van der Waals surface area contributed by atoms with Gasteiger partial charge in [-0.2, -0.15) is 10.0 Å². The number of nitrogens with zero attached hydrogens (tertiary/aromatic N) is 5. The first-order chi connectivity index (χ1) is 16.9. The molecule has 1 aromatic carbocycles. The first-order valence-electron chi connectivity index (χ1n) is 10.8. The molecule has 180 valence electrons. The van der Waals surface area contributed by atoms with Crippen LogP contribution in [0.15, 0.2) is 50.4 Å². The number of hydrogen-bond donors (Lipinski definition) is 1. The molecule has 12 nitrogen and oxygen atoms in total. The molecular weight excluding hydrogens is 476 g/mol. The molecule has 5 rings (SSSR count). The van der Waals surface area contributed by atoms with E-state index in [9.17, 15) is 14.9 Å². The predicted molar refractivity (Wildman–Crippen MR) is 129 cm³/mol. The van der Waals surface area contributed by atoms with E-state index in [0.717, 1.165) is 0 Å². The molecule has 1 N–H and O–H groups in total. The first kappa shape index (κ1) is 22.8. The molecule has 0 bridgehead atoms. The molecule has 0 spiro atoms. The van der Waals surface area contributed by atoms with Crippen LogP contribution in [-0.2, 0) is 9.53 Å². The van der Waals surface area contributed by atoms with Crippen molar-refractivity contribution in [1.29, 1.82) is 5.41 Å². The molecule has 0 radical (unpaired) electrons. The number of carbonyl (C=O) groups excluding carboxylic acids is 1. The molecule has 1 saturated heterocycles. The Morgan fingerprint density at radius 1 is 1.26 bits per heavy atom. The zero-order valence-electron chi connectivity index (χ0n) is 18.6. The number of nitrogens with one attached hydrogen (secondary N) is 1. The van der Waals surface area contributed by atoms with Crippen LogP contribution in [0.3, 0.4) is 0 Å². The van der Waals surface area contributed by atoms with E-state index in [4.69, 9.17) is 19.3 Å². The Bertz CT molecular complexity index is 1310. The van der Waals surface area contributed by atoms with Gasteiger partial charge in [-0.25, -0.2) is 0 Å². The number of nitro benzene ring substituents is 1. The third kappa shape index (κ3) is 4.42. The molecule has 13 heteroatoms. The van der Waals surface area contributed by atoms with Gasteiger partial charge in [0, 0.05) is 13.1 Å². The van der Waals surface area contributed by atoms with Crippen molar-refractivity contribution in [3.63, 3.8) is 0 Å². The molecule has 35 heavy (non-hydrogen) atoms. The number of aliphatic imine (C=N–C) groups is 1. The van der Waals surface area contributed by atoms with Gasteiger partial charge in [-0.3, -0.25) is 20.3 Å². The topological polar surface area (TPSA) is 147 Å². The Labute approximate surface area is 203 Å². The molecular formula is C22H20N6O6S. The summed E-state index contributed by atoms with van der Waals surface area (Å²) in [4.78, 5) is 29.9. The average Bonchev–Trinajstić information content (AvgIpc) is 3.50. The molecule has 0 aliphatic carbocycles. The monoisotopic (exact) mass is 496 g/mol. The molecule has 2 aromatic rings. The number of morpholine rings is 1. The number of furan rings is 1. The summed E-state index contributed by atoms with van der Waals surface area (Å²) in [6.45, 7) is 4.68. The lowest BCUT2D eigenvalue weighted by Gasteiger charge is -2.26. The molecule has 0 saturated carbocycles. The SMILES string of the molecule is CCOc1ccc(-c2ccc(/C=C3/C(=N)N4N=C(N5CCOCC5)SC4=NC3=O)o2)c([N+](=O)[O-])c1. The molecule has 3 aliphatic rings. The minimum Gasteiger partial charge on any atom is -0.494 e. The van der Waals surface area contributed by atoms with Crippen molar-refractivity contribution in [2.45, 2.75) is 6.92 Å². The van der Waals surface area contributed by atoms with Crippen LogP contribution in [-0.4, -0.2) is 69.8 Å². The number of amides is 1. The summed E-state index contributed by atoms with van der Waals surface area (Å²) in [7, 11) is 0. The fourth-order valence-electron chi connectivity index (χ4n) is 3.71. The van der Waals surface area contributed by atoms with E-state index in [0.29, 0.717) is 49.0 Å². The summed E-state index contributed by atoms with van der Waals surface area (Å²) >= 11 is 1.24. The van der Waals surface area contributed by atoms with Crippen molar-refractivity contribution < 1.29 is 23.6 Å². The Kier molecular flexibility index (Phi) is 6.09. The van der Waals surface area contributed by atoms with E-state index < -0.39 is 10.8 Å². The summed E-state index contributed by atoms with van der Waals surface area (Å²) < 4.78 is 16.5. The summed E-state index contributed by atoms with van der Waals surface area (Å²) in [6, 6.07) is 7.65. The Morgan fingerprint density at radius 3 is 2.80 bits per heavy atom. The van der Waals surface area contributed by atoms with E-state index in [-0.39, 0.29) is 34.2 Å². The number of fused-ring (bicyclic) bond motifs is 1. The maximum atomic E-state index is 12.7. The van der Waals surface area contributed by atoms with E-state index in [1.807, 2.05) is 4.90 Å². The number of ether oxygens (including phenoxy) is 2. The summed E-state index contributed by atoms with van der Waals surface area (Å²) in [5.41, 5.74) is 0.104. The second kappa shape index (κ2) is 9.35. The number of hydrazone groups is 1. The van der Waals surface area contributed by atoms with E-state index in [1.54, 1.807) is 31.2 Å². The molecule has 1 amide bonds. The third-order valence-corrected chi connectivity index (χ3v) is 6.35. The van der Waals surface area contributed by atoms with Gasteiger partial charge in [-0.15, -0.1) is 5.10 Å². The lowest BCUT2D eigenvalue weighted by atomic mass is 10.1. The second-order valence-corrected chi connectivity index (χ2v) is 8.51. The smallest absolute Gasteiger partial charge is 0.284 e. The maximum absolute atomic E-state index is 12.7. The number of hydrogen-bond acceptors (Lipinski definition) is 10. The van der Waals surface area contributed by atoms with Gasteiger partial charge in [-0.05, 0) is 49.0 Å². The molecule has 3 aliphatic heterocycles. The fourth-order valence-corrected chi connectivity index (χ4v) is 4.65. The van der Waals surface area contributed by atoms with Crippen LogP contribution < -0.4 is 4.74 Å². The minimum atomic E-state index is -0.586. The molecule has 1 aromatic heterocycles. The minimum absolute atomic E-state index is 0.00317. The second-order valence-electron chi connectivity index (χ2n) is 7.57. The molecule has 0 unspecified atom stereocenters. The number of thioether (sulfide) groups is 1. The number of rotatable bonds is 5. The van der Waals surface area contributed by atoms with Crippen molar-refractivity contribution in [3.05, 3.63) is 51.8 Å². The highest BCUT2D eigenvalue weighted by atomic mass is 32.2. The molecule has 0 atom stereocenters. The van der Waals surface area contributed by atoms with E-state index >= 15 is 0 Å². The Balaban J connectivity index is 1.41. The highest BCUT2D eigenvalue weighted by Gasteiger charge is 2.37. The Hall–Kier alpha value is -3.97. The standard InChI is InChI=1S/C22H20N6O6S/c1-2-33-13-3-5-15(17(12-13)28(30)31)18-6-4-14(34-18)11-16-19(23)27-21(24-20(16)29)35-22(25-27)26-7-9-32-10-8-26/h3-6,11-12,23H,2,7-10H2,1H3/b16-11-,23-19?. The average molecular weight is 497 g/mol. The normalized spacial score (nSPS) is 19.1. The quantitative estimate of drug-likeness (QED) is 0.374. The van der Waals surface area contributed by atoms with Gasteiger partial charge in [0.25, 0.3) is 11.6 Å². The van der Waals surface area contributed by atoms with Crippen LogP contribution in [0, 0.1) is 15.5 Å². The highest BCUT2D eigenvalue weighted by Crippen LogP contribution is 2.35. The van der Waals surface area contributed by atoms with Crippen molar-refractivity contribution in [2.75, 3.05) is 32.9 Å². The Morgan fingerprint density at radius 2 is 2.06 bits per heavy atom. The van der Waals surface area contributed by atoms with Crippen LogP contribution in [0.25, 0.3) is 17.4 Å². The zero-order valence-corrected chi connectivity index (χ0v) is 19.4. The van der Waals surface area contributed by atoms with Crippen LogP contribution in [0.1, 0.15) is 12.7 Å². The van der Waals surface area contributed by atoms with Crippen molar-refractivity contribution in [3.8, 4) is 17.1 Å². The van der Waals surface area contributed by atoms with Gasteiger partial charge >= 0.3 is 0 Å². The van der Waals surface area contributed by atoms with Crippen molar-refractivity contribution in [2.24, 2.45) is 10.1 Å². The van der Waals surface area contributed by atoms with Gasteiger partial charge in [0.1, 0.15) is 17.3 Å². The van der Waals surface area contributed by atoms with Gasteiger partial charge in [-0.1, -0.05) is 0 Å². The van der Waals surface area contributed by atoms with Gasteiger partial charge in [0.2, 0.25) is 5.17 Å². The summed E-state index contributed by atoms with van der Waals surface area (Å²) in [5.74, 6) is 0.166. The zero-order chi connectivity index (χ0) is 24.5. The van der Waals surface area contributed by atoms with Crippen molar-refractivity contribution >= 4 is 45.6 Å².